The van der Waals surface area contributed by atoms with Gasteiger partial charge in [0.25, 0.3) is 6.01 Å². The summed E-state index contributed by atoms with van der Waals surface area (Å²) in [6.45, 7) is 0.847. The van der Waals surface area contributed by atoms with Crippen LogP contribution in [0.25, 0.3) is 11.1 Å². The van der Waals surface area contributed by atoms with Crippen LogP contribution in [0.2, 0.25) is 0 Å². The molecule has 0 amide bonds. The first-order valence-corrected chi connectivity index (χ1v) is 4.92. The van der Waals surface area contributed by atoms with E-state index in [1.807, 2.05) is 44.2 Å². The number of hydrogen-bond donors (Lipinski definition) is 1. The second-order valence-corrected chi connectivity index (χ2v) is 3.72. The monoisotopic (exact) mass is 205 g/mol. The minimum absolute atomic E-state index is 0.645. The van der Waals surface area contributed by atoms with Gasteiger partial charge in [-0.15, -0.1) is 0 Å². The summed E-state index contributed by atoms with van der Waals surface area (Å²) in [5.41, 5.74) is 2.95. The molecule has 1 N–H and O–H groups in total. The van der Waals surface area contributed by atoms with Gasteiger partial charge in [0.15, 0.2) is 5.58 Å². The predicted molar refractivity (Wildman–Crippen MR) is 61.1 cm³/mol. The van der Waals surface area contributed by atoms with Crippen LogP contribution in [0, 0.1) is 0 Å². The fourth-order valence-corrected chi connectivity index (χ4v) is 1.47. The average Bonchev–Trinajstić information content (AvgIpc) is 2.61. The molecule has 0 atom stereocenters. The van der Waals surface area contributed by atoms with Crippen LogP contribution < -0.4 is 10.2 Å². The molecule has 0 aliphatic rings. The molecule has 0 saturated carbocycles. The van der Waals surface area contributed by atoms with Crippen LogP contribution in [-0.2, 0) is 6.54 Å². The van der Waals surface area contributed by atoms with E-state index in [-0.39, 0.29) is 0 Å². The van der Waals surface area contributed by atoms with Gasteiger partial charge in [0.2, 0.25) is 0 Å². The third kappa shape index (κ3) is 1.94. The Labute approximate surface area is 88.9 Å². The van der Waals surface area contributed by atoms with Crippen LogP contribution in [0.15, 0.2) is 22.6 Å². The first-order chi connectivity index (χ1) is 7.20. The molecular weight excluding hydrogens is 190 g/mol. The summed E-state index contributed by atoms with van der Waals surface area (Å²) >= 11 is 0. The van der Waals surface area contributed by atoms with E-state index in [0.29, 0.717) is 6.01 Å². The van der Waals surface area contributed by atoms with Crippen molar-refractivity contribution in [1.82, 2.24) is 10.3 Å². The summed E-state index contributed by atoms with van der Waals surface area (Å²) in [4.78, 5) is 6.25. The molecule has 0 radical (unpaired) electrons. The first-order valence-electron chi connectivity index (χ1n) is 4.92. The fraction of sp³-hybridized carbons (Fsp3) is 0.364. The number of nitrogens with zero attached hydrogens (tertiary/aromatic N) is 2. The van der Waals surface area contributed by atoms with E-state index >= 15 is 0 Å². The molecule has 0 unspecified atom stereocenters. The van der Waals surface area contributed by atoms with E-state index in [2.05, 4.69) is 10.3 Å². The molecule has 0 saturated heterocycles. The van der Waals surface area contributed by atoms with Gasteiger partial charge in [-0.2, -0.15) is 4.98 Å². The van der Waals surface area contributed by atoms with Crippen LogP contribution in [0.5, 0.6) is 0 Å². The van der Waals surface area contributed by atoms with Gasteiger partial charge in [-0.05, 0) is 24.7 Å². The van der Waals surface area contributed by atoms with Crippen LogP contribution in [0.1, 0.15) is 5.56 Å². The Bertz CT molecular complexity index is 462. The zero-order chi connectivity index (χ0) is 10.8. The molecule has 4 nitrogen and oxygen atoms in total. The van der Waals surface area contributed by atoms with Gasteiger partial charge in [0.05, 0.1) is 0 Å². The van der Waals surface area contributed by atoms with Crippen LogP contribution in [-0.4, -0.2) is 26.1 Å². The molecule has 0 spiro atoms. The van der Waals surface area contributed by atoms with Crippen molar-refractivity contribution < 1.29 is 4.42 Å². The van der Waals surface area contributed by atoms with Gasteiger partial charge in [0.1, 0.15) is 5.52 Å². The van der Waals surface area contributed by atoms with Crippen molar-refractivity contribution in [3.63, 3.8) is 0 Å². The van der Waals surface area contributed by atoms with Crippen molar-refractivity contribution in [2.24, 2.45) is 0 Å². The molecule has 15 heavy (non-hydrogen) atoms. The summed E-state index contributed by atoms with van der Waals surface area (Å²) in [7, 11) is 5.76. The molecule has 0 fully saturated rings. The maximum atomic E-state index is 5.56. The Kier molecular flexibility index (Phi) is 2.60. The zero-order valence-corrected chi connectivity index (χ0v) is 9.24. The first kappa shape index (κ1) is 9.98. The molecule has 1 heterocycles. The molecule has 1 aromatic carbocycles. The van der Waals surface area contributed by atoms with Crippen LogP contribution in [0.4, 0.5) is 6.01 Å². The van der Waals surface area contributed by atoms with Gasteiger partial charge in [-0.1, -0.05) is 6.07 Å². The van der Waals surface area contributed by atoms with Crippen molar-refractivity contribution in [2.45, 2.75) is 6.54 Å². The Morgan fingerprint density at radius 2 is 2.20 bits per heavy atom. The second kappa shape index (κ2) is 3.90. The third-order valence-corrected chi connectivity index (χ3v) is 2.20. The molecule has 0 aliphatic heterocycles. The molecule has 0 aliphatic carbocycles. The normalized spacial score (nSPS) is 10.9. The van der Waals surface area contributed by atoms with Crippen LogP contribution in [0.3, 0.4) is 0 Å². The topological polar surface area (TPSA) is 41.3 Å². The van der Waals surface area contributed by atoms with Gasteiger partial charge in [-0.25, -0.2) is 0 Å². The number of benzene rings is 1. The quantitative estimate of drug-likeness (QED) is 0.826. The Morgan fingerprint density at radius 3 is 2.87 bits per heavy atom. The van der Waals surface area contributed by atoms with E-state index < -0.39 is 0 Å². The summed E-state index contributed by atoms with van der Waals surface area (Å²) in [6, 6.07) is 6.69. The molecule has 2 rings (SSSR count). The highest BCUT2D eigenvalue weighted by Crippen LogP contribution is 2.21. The number of nitrogens with one attached hydrogen (secondary N) is 1. The van der Waals surface area contributed by atoms with Crippen LogP contribution >= 0.6 is 0 Å². The molecule has 2 aromatic rings. The van der Waals surface area contributed by atoms with Crippen molar-refractivity contribution in [1.29, 1.82) is 0 Å². The van der Waals surface area contributed by atoms with Crippen molar-refractivity contribution in [3.05, 3.63) is 23.8 Å². The zero-order valence-electron chi connectivity index (χ0n) is 9.24. The summed E-state index contributed by atoms with van der Waals surface area (Å²) in [5, 5.41) is 3.11. The average molecular weight is 205 g/mol. The van der Waals surface area contributed by atoms with Gasteiger partial charge < -0.3 is 14.6 Å². The second-order valence-electron chi connectivity index (χ2n) is 3.72. The highest BCUT2D eigenvalue weighted by atomic mass is 16.4. The predicted octanol–water partition coefficient (Wildman–Crippen LogP) is 1.61. The van der Waals surface area contributed by atoms with Gasteiger partial charge in [0, 0.05) is 20.6 Å². The maximum Gasteiger partial charge on any atom is 0.297 e. The largest absolute Gasteiger partial charge is 0.423 e. The Hall–Kier alpha value is -1.55. The minimum Gasteiger partial charge on any atom is -0.423 e. The maximum absolute atomic E-state index is 5.56. The molecule has 1 aromatic heterocycles. The lowest BCUT2D eigenvalue weighted by molar-refractivity contribution is 0.596. The number of anilines is 1. The smallest absolute Gasteiger partial charge is 0.297 e. The molecule has 80 valence electrons. The highest BCUT2D eigenvalue weighted by molar-refractivity contribution is 5.75. The molecular formula is C11H15N3O. The fourth-order valence-electron chi connectivity index (χ4n) is 1.47. The molecule has 4 heteroatoms. The lowest BCUT2D eigenvalue weighted by Crippen LogP contribution is -2.08. The number of fused-ring (bicyclic) bond motifs is 1. The number of hydrogen-bond acceptors (Lipinski definition) is 4. The number of aromatic nitrogens is 1. The Balaban J connectivity index is 2.43. The minimum atomic E-state index is 0.645. The summed E-state index contributed by atoms with van der Waals surface area (Å²) in [5.74, 6) is 0. The Morgan fingerprint density at radius 1 is 1.40 bits per heavy atom. The van der Waals surface area contributed by atoms with Crippen molar-refractivity contribution in [3.8, 4) is 0 Å². The van der Waals surface area contributed by atoms with E-state index in [0.717, 1.165) is 17.6 Å². The summed E-state index contributed by atoms with van der Waals surface area (Å²) < 4.78 is 5.56. The number of rotatable bonds is 3. The van der Waals surface area contributed by atoms with E-state index in [1.165, 1.54) is 5.56 Å². The molecule has 0 bridgehead atoms. The van der Waals surface area contributed by atoms with Crippen molar-refractivity contribution >= 4 is 17.1 Å². The van der Waals surface area contributed by atoms with Crippen molar-refractivity contribution in [2.75, 3.05) is 26.0 Å². The number of oxazole rings is 1. The standard InChI is InChI=1S/C11H15N3O/c1-12-7-8-4-5-10-9(6-8)13-11(15-10)14(2)3/h4-6,12H,7H2,1-3H3. The van der Waals surface area contributed by atoms with Gasteiger partial charge >= 0.3 is 0 Å². The van der Waals surface area contributed by atoms with Gasteiger partial charge in [-0.3, -0.25) is 0 Å². The summed E-state index contributed by atoms with van der Waals surface area (Å²) in [6.07, 6.45) is 0. The van der Waals surface area contributed by atoms with E-state index in [9.17, 15) is 0 Å². The lowest BCUT2D eigenvalue weighted by atomic mass is 10.2. The van der Waals surface area contributed by atoms with E-state index in [1.54, 1.807) is 0 Å². The highest BCUT2D eigenvalue weighted by Gasteiger charge is 2.07. The SMILES string of the molecule is CNCc1ccc2oc(N(C)C)nc2c1. The van der Waals surface area contributed by atoms with E-state index in [4.69, 9.17) is 4.42 Å². The third-order valence-electron chi connectivity index (χ3n) is 2.20. The lowest BCUT2D eigenvalue weighted by Gasteiger charge is -2.03.